The number of hydrogen-bond acceptors (Lipinski definition) is 2. The molecule has 2 nitrogen and oxygen atoms in total. The van der Waals surface area contributed by atoms with Crippen LogP contribution in [0.5, 0.6) is 0 Å². The molecule has 64 valence electrons. The van der Waals surface area contributed by atoms with Crippen molar-refractivity contribution in [2.75, 3.05) is 13.7 Å². The van der Waals surface area contributed by atoms with Gasteiger partial charge >= 0.3 is 0 Å². The maximum Gasteiger partial charge on any atom is 0.182 e. The van der Waals surface area contributed by atoms with E-state index < -0.39 is 0 Å². The second-order valence-electron chi connectivity index (χ2n) is 3.00. The monoisotopic (exact) mass is 155 g/mol. The molecule has 0 saturated heterocycles. The first-order valence-electron chi connectivity index (χ1n) is 4.51. The zero-order chi connectivity index (χ0) is 7.94. The highest BCUT2D eigenvalue weighted by molar-refractivity contribution is 5.75. The van der Waals surface area contributed by atoms with Crippen molar-refractivity contribution in [3.63, 3.8) is 0 Å². The van der Waals surface area contributed by atoms with E-state index in [9.17, 15) is 0 Å². The highest BCUT2D eigenvalue weighted by atomic mass is 16.5. The van der Waals surface area contributed by atoms with Gasteiger partial charge in [-0.15, -0.1) is 0 Å². The summed E-state index contributed by atoms with van der Waals surface area (Å²) in [5, 5.41) is 0. The predicted octanol–water partition coefficient (Wildman–Crippen LogP) is 2.39. The highest BCUT2D eigenvalue weighted by Gasteiger charge is 2.00. The molecule has 2 heteroatoms. The minimum Gasteiger partial charge on any atom is -0.484 e. The van der Waals surface area contributed by atoms with Gasteiger partial charge in [0.15, 0.2) is 5.90 Å². The van der Waals surface area contributed by atoms with E-state index in [2.05, 4.69) is 4.99 Å². The lowest BCUT2D eigenvalue weighted by Crippen LogP contribution is -2.01. The first-order valence-corrected chi connectivity index (χ1v) is 4.51. The molecular formula is C9H17NO. The van der Waals surface area contributed by atoms with Crippen LogP contribution in [0.4, 0.5) is 0 Å². The van der Waals surface area contributed by atoms with E-state index in [1.807, 2.05) is 0 Å². The van der Waals surface area contributed by atoms with Gasteiger partial charge in [0.1, 0.15) is 0 Å². The smallest absolute Gasteiger partial charge is 0.182 e. The van der Waals surface area contributed by atoms with Crippen LogP contribution in [0.15, 0.2) is 4.99 Å². The fourth-order valence-corrected chi connectivity index (χ4v) is 1.37. The summed E-state index contributed by atoms with van der Waals surface area (Å²) in [5.41, 5.74) is 0. The van der Waals surface area contributed by atoms with E-state index in [1.54, 1.807) is 7.11 Å². The Bertz CT molecular complexity index is 132. The molecule has 0 N–H and O–H groups in total. The molecule has 0 aromatic rings. The Morgan fingerprint density at radius 3 is 2.64 bits per heavy atom. The topological polar surface area (TPSA) is 21.6 Å². The van der Waals surface area contributed by atoms with Gasteiger partial charge in [0.2, 0.25) is 0 Å². The molecule has 1 aliphatic rings. The van der Waals surface area contributed by atoms with Crippen LogP contribution in [0.1, 0.15) is 38.5 Å². The lowest BCUT2D eigenvalue weighted by Gasteiger charge is -2.01. The van der Waals surface area contributed by atoms with Crippen LogP contribution in [0.25, 0.3) is 0 Å². The zero-order valence-electron chi connectivity index (χ0n) is 7.31. The first-order chi connectivity index (χ1) is 5.43. The molecule has 0 aromatic carbocycles. The minimum absolute atomic E-state index is 0.951. The first kappa shape index (κ1) is 8.57. The number of ether oxygens (including phenoxy) is 1. The van der Waals surface area contributed by atoms with Gasteiger partial charge in [-0.3, -0.25) is 4.99 Å². The van der Waals surface area contributed by atoms with Crippen LogP contribution >= 0.6 is 0 Å². The number of rotatable bonds is 0. The van der Waals surface area contributed by atoms with Crippen molar-refractivity contribution in [2.24, 2.45) is 4.99 Å². The van der Waals surface area contributed by atoms with Gasteiger partial charge in [-0.05, 0) is 12.8 Å². The van der Waals surface area contributed by atoms with Crippen molar-refractivity contribution in [2.45, 2.75) is 38.5 Å². The highest BCUT2D eigenvalue weighted by Crippen LogP contribution is 2.09. The van der Waals surface area contributed by atoms with E-state index in [0.29, 0.717) is 0 Å². The van der Waals surface area contributed by atoms with E-state index in [-0.39, 0.29) is 0 Å². The summed E-state index contributed by atoms with van der Waals surface area (Å²) in [6.45, 7) is 0.961. The molecule has 1 rings (SSSR count). The quantitative estimate of drug-likeness (QED) is 0.526. The molecule has 0 radical (unpaired) electrons. The summed E-state index contributed by atoms with van der Waals surface area (Å²) in [7, 11) is 1.72. The summed E-state index contributed by atoms with van der Waals surface area (Å²) in [5.74, 6) is 0.951. The molecule has 0 unspecified atom stereocenters. The SMILES string of the molecule is CO/C1=N/CCCCCCC1. The Morgan fingerprint density at radius 2 is 1.82 bits per heavy atom. The van der Waals surface area contributed by atoms with Gasteiger partial charge < -0.3 is 4.74 Å². The van der Waals surface area contributed by atoms with E-state index in [0.717, 1.165) is 18.9 Å². The molecule has 1 aliphatic heterocycles. The van der Waals surface area contributed by atoms with Crippen LogP contribution < -0.4 is 0 Å². The summed E-state index contributed by atoms with van der Waals surface area (Å²) in [6.07, 6.45) is 7.55. The average molecular weight is 155 g/mol. The average Bonchev–Trinajstić information content (AvgIpc) is 2.16. The van der Waals surface area contributed by atoms with Gasteiger partial charge in [-0.2, -0.15) is 0 Å². The largest absolute Gasteiger partial charge is 0.484 e. The molecule has 11 heavy (non-hydrogen) atoms. The van der Waals surface area contributed by atoms with Crippen molar-refractivity contribution in [1.29, 1.82) is 0 Å². The summed E-state index contributed by atoms with van der Waals surface area (Å²) < 4.78 is 5.13. The van der Waals surface area contributed by atoms with E-state index in [1.165, 1.54) is 32.1 Å². The maximum absolute atomic E-state index is 5.13. The van der Waals surface area contributed by atoms with Crippen molar-refractivity contribution in [3.05, 3.63) is 0 Å². The molecule has 0 atom stereocenters. The van der Waals surface area contributed by atoms with Gasteiger partial charge in [0, 0.05) is 13.0 Å². The third-order valence-corrected chi connectivity index (χ3v) is 2.07. The second kappa shape index (κ2) is 5.16. The zero-order valence-corrected chi connectivity index (χ0v) is 7.31. The van der Waals surface area contributed by atoms with Crippen LogP contribution in [0.3, 0.4) is 0 Å². The Kier molecular flexibility index (Phi) is 4.02. The van der Waals surface area contributed by atoms with Crippen molar-refractivity contribution < 1.29 is 4.74 Å². The Hall–Kier alpha value is -0.530. The lowest BCUT2D eigenvalue weighted by atomic mass is 10.1. The Balaban J connectivity index is 2.34. The second-order valence-corrected chi connectivity index (χ2v) is 3.00. The predicted molar refractivity (Wildman–Crippen MR) is 47.0 cm³/mol. The number of hydrogen-bond donors (Lipinski definition) is 0. The fraction of sp³-hybridized carbons (Fsp3) is 0.889. The van der Waals surface area contributed by atoms with Gasteiger partial charge in [0.05, 0.1) is 7.11 Å². The molecule has 0 amide bonds. The fourth-order valence-electron chi connectivity index (χ4n) is 1.37. The van der Waals surface area contributed by atoms with Crippen LogP contribution in [-0.4, -0.2) is 19.6 Å². The summed E-state index contributed by atoms with van der Waals surface area (Å²) in [6, 6.07) is 0. The maximum atomic E-state index is 5.13. The summed E-state index contributed by atoms with van der Waals surface area (Å²) >= 11 is 0. The molecule has 0 bridgehead atoms. The molecule has 1 heterocycles. The van der Waals surface area contributed by atoms with E-state index >= 15 is 0 Å². The normalized spacial score (nSPS) is 25.7. The van der Waals surface area contributed by atoms with Gasteiger partial charge in [-0.25, -0.2) is 0 Å². The molecule has 0 aromatic heterocycles. The lowest BCUT2D eigenvalue weighted by molar-refractivity contribution is 0.386. The van der Waals surface area contributed by atoms with Gasteiger partial charge in [-0.1, -0.05) is 19.3 Å². The minimum atomic E-state index is 0.951. The van der Waals surface area contributed by atoms with Crippen molar-refractivity contribution in [3.8, 4) is 0 Å². The number of aliphatic imine (C=N–C) groups is 1. The molecule has 0 aliphatic carbocycles. The van der Waals surface area contributed by atoms with Crippen LogP contribution in [0, 0.1) is 0 Å². The summed E-state index contributed by atoms with van der Waals surface area (Å²) in [4.78, 5) is 4.36. The molecular weight excluding hydrogens is 138 g/mol. The van der Waals surface area contributed by atoms with Crippen molar-refractivity contribution in [1.82, 2.24) is 0 Å². The molecule has 0 saturated carbocycles. The number of methoxy groups -OCH3 is 1. The Labute approximate surface area is 68.7 Å². The van der Waals surface area contributed by atoms with Crippen LogP contribution in [0.2, 0.25) is 0 Å². The molecule has 0 fully saturated rings. The van der Waals surface area contributed by atoms with Crippen molar-refractivity contribution >= 4 is 5.90 Å². The third-order valence-electron chi connectivity index (χ3n) is 2.07. The third kappa shape index (κ3) is 3.40. The number of nitrogens with zero attached hydrogens (tertiary/aromatic N) is 1. The standard InChI is InChI=1S/C9H17NO/c1-11-9-7-5-3-2-4-6-8-10-9/h2-8H2,1H3/b10-9+. The Morgan fingerprint density at radius 1 is 1.09 bits per heavy atom. The van der Waals surface area contributed by atoms with Gasteiger partial charge in [0.25, 0.3) is 0 Å². The van der Waals surface area contributed by atoms with E-state index in [4.69, 9.17) is 4.74 Å². The molecule has 0 spiro atoms. The van der Waals surface area contributed by atoms with Crippen LogP contribution in [-0.2, 0) is 4.74 Å².